The molecule has 1 atom stereocenters. The lowest BCUT2D eigenvalue weighted by molar-refractivity contribution is -0.0241. The van der Waals surface area contributed by atoms with E-state index in [2.05, 4.69) is 19.2 Å². The Morgan fingerprint density at radius 2 is 2.17 bits per heavy atom. The summed E-state index contributed by atoms with van der Waals surface area (Å²) in [4.78, 5) is 0. The molecular formula is C9H20N2O. The third-order valence-corrected chi connectivity index (χ3v) is 2.89. The van der Waals surface area contributed by atoms with E-state index in [9.17, 15) is 0 Å². The van der Waals surface area contributed by atoms with Gasteiger partial charge >= 0.3 is 0 Å². The minimum absolute atomic E-state index is 0.132. The van der Waals surface area contributed by atoms with E-state index in [0.717, 1.165) is 32.5 Å². The fraction of sp³-hybridized carbons (Fsp3) is 1.00. The topological polar surface area (TPSA) is 47.3 Å². The van der Waals surface area contributed by atoms with Gasteiger partial charge in [0.05, 0.1) is 12.7 Å². The molecule has 0 spiro atoms. The van der Waals surface area contributed by atoms with Crippen molar-refractivity contribution in [2.75, 3.05) is 19.7 Å². The van der Waals surface area contributed by atoms with Crippen LogP contribution in [0.25, 0.3) is 0 Å². The monoisotopic (exact) mass is 172 g/mol. The molecule has 0 aromatic heterocycles. The quantitative estimate of drug-likeness (QED) is 0.651. The van der Waals surface area contributed by atoms with Crippen molar-refractivity contribution in [1.29, 1.82) is 0 Å². The molecule has 1 heterocycles. The third-order valence-electron chi connectivity index (χ3n) is 2.89. The number of nitrogens with two attached hydrogens (primary N) is 1. The number of hydrogen-bond donors (Lipinski definition) is 2. The van der Waals surface area contributed by atoms with Gasteiger partial charge in [-0.25, -0.2) is 0 Å². The average molecular weight is 172 g/mol. The first-order chi connectivity index (χ1) is 5.73. The van der Waals surface area contributed by atoms with Crippen LogP contribution >= 0.6 is 0 Å². The summed E-state index contributed by atoms with van der Waals surface area (Å²) >= 11 is 0. The molecular weight excluding hydrogens is 152 g/mol. The van der Waals surface area contributed by atoms with Crippen LogP contribution in [0.5, 0.6) is 0 Å². The molecule has 3 heteroatoms. The van der Waals surface area contributed by atoms with Gasteiger partial charge in [0.2, 0.25) is 0 Å². The van der Waals surface area contributed by atoms with Crippen LogP contribution in [0.1, 0.15) is 26.7 Å². The molecule has 0 aliphatic carbocycles. The van der Waals surface area contributed by atoms with E-state index in [4.69, 9.17) is 10.5 Å². The summed E-state index contributed by atoms with van der Waals surface area (Å²) in [6, 6.07) is 0. The summed E-state index contributed by atoms with van der Waals surface area (Å²) in [7, 11) is 0. The molecule has 0 bridgehead atoms. The molecule has 3 nitrogen and oxygen atoms in total. The predicted octanol–water partition coefficient (Wildman–Crippen LogP) is 0.492. The Balaban J connectivity index is 2.51. The Hall–Kier alpha value is -0.120. The van der Waals surface area contributed by atoms with Crippen LogP contribution in [0.15, 0.2) is 0 Å². The largest absolute Gasteiger partial charge is 0.374 e. The van der Waals surface area contributed by atoms with Crippen molar-refractivity contribution in [3.63, 3.8) is 0 Å². The lowest BCUT2D eigenvalue weighted by Gasteiger charge is -2.38. The second-order valence-electron chi connectivity index (χ2n) is 3.50. The van der Waals surface area contributed by atoms with E-state index < -0.39 is 0 Å². The summed E-state index contributed by atoms with van der Waals surface area (Å²) in [5, 5.41) is 3.30. The number of ether oxygens (including phenoxy) is 1. The number of rotatable bonds is 3. The normalized spacial score (nSPS) is 25.8. The highest BCUT2D eigenvalue weighted by Gasteiger charge is 2.33. The SMILES string of the molecule is CCC(N)(CC)C1CNCCO1. The Kier molecular flexibility index (Phi) is 3.50. The van der Waals surface area contributed by atoms with Crippen molar-refractivity contribution in [1.82, 2.24) is 5.32 Å². The Labute approximate surface area is 74.7 Å². The summed E-state index contributed by atoms with van der Waals surface area (Å²) in [5.74, 6) is 0. The average Bonchev–Trinajstić information content (AvgIpc) is 2.18. The molecule has 1 aliphatic heterocycles. The molecule has 12 heavy (non-hydrogen) atoms. The molecule has 3 N–H and O–H groups in total. The van der Waals surface area contributed by atoms with Crippen LogP contribution < -0.4 is 11.1 Å². The first-order valence-electron chi connectivity index (χ1n) is 4.84. The zero-order chi connectivity index (χ0) is 9.03. The van der Waals surface area contributed by atoms with Gasteiger partial charge < -0.3 is 15.8 Å². The lowest BCUT2D eigenvalue weighted by Crippen LogP contribution is -2.57. The highest BCUT2D eigenvalue weighted by molar-refractivity contribution is 4.92. The van der Waals surface area contributed by atoms with Gasteiger partial charge in [-0.2, -0.15) is 0 Å². The summed E-state index contributed by atoms with van der Waals surface area (Å²) in [6.45, 7) is 6.91. The molecule has 1 aliphatic rings. The predicted molar refractivity (Wildman–Crippen MR) is 50.1 cm³/mol. The van der Waals surface area contributed by atoms with Gasteiger partial charge in [-0.1, -0.05) is 13.8 Å². The van der Waals surface area contributed by atoms with Crippen LogP contribution in [0.3, 0.4) is 0 Å². The van der Waals surface area contributed by atoms with Gasteiger partial charge in [-0.05, 0) is 12.8 Å². The Bertz CT molecular complexity index is 128. The summed E-state index contributed by atoms with van der Waals surface area (Å²) in [5.41, 5.74) is 6.07. The van der Waals surface area contributed by atoms with Crippen molar-refractivity contribution in [2.45, 2.75) is 38.3 Å². The molecule has 72 valence electrons. The fourth-order valence-corrected chi connectivity index (χ4v) is 1.64. The van der Waals surface area contributed by atoms with Gasteiger partial charge in [0, 0.05) is 18.6 Å². The molecule has 1 fully saturated rings. The van der Waals surface area contributed by atoms with E-state index in [-0.39, 0.29) is 11.6 Å². The Morgan fingerprint density at radius 3 is 2.58 bits per heavy atom. The van der Waals surface area contributed by atoms with Crippen LogP contribution in [-0.2, 0) is 4.74 Å². The smallest absolute Gasteiger partial charge is 0.0878 e. The van der Waals surface area contributed by atoms with E-state index in [1.165, 1.54) is 0 Å². The molecule has 0 saturated carbocycles. The van der Waals surface area contributed by atoms with Crippen LogP contribution in [-0.4, -0.2) is 31.3 Å². The maximum absolute atomic E-state index is 6.21. The molecule has 0 aromatic rings. The minimum Gasteiger partial charge on any atom is -0.374 e. The van der Waals surface area contributed by atoms with Crippen molar-refractivity contribution in [2.24, 2.45) is 5.73 Å². The molecule has 1 rings (SSSR count). The lowest BCUT2D eigenvalue weighted by atomic mass is 9.87. The highest BCUT2D eigenvalue weighted by Crippen LogP contribution is 2.20. The zero-order valence-electron chi connectivity index (χ0n) is 8.10. The summed E-state index contributed by atoms with van der Waals surface area (Å²) in [6.07, 6.45) is 2.16. The minimum atomic E-state index is -0.132. The first-order valence-corrected chi connectivity index (χ1v) is 4.84. The molecule has 0 amide bonds. The molecule has 0 radical (unpaired) electrons. The maximum atomic E-state index is 6.21. The van der Waals surface area contributed by atoms with Gasteiger partial charge in [-0.15, -0.1) is 0 Å². The Morgan fingerprint density at radius 1 is 1.50 bits per heavy atom. The second-order valence-corrected chi connectivity index (χ2v) is 3.50. The van der Waals surface area contributed by atoms with E-state index in [1.54, 1.807) is 0 Å². The molecule has 1 unspecified atom stereocenters. The van der Waals surface area contributed by atoms with Crippen molar-refractivity contribution < 1.29 is 4.74 Å². The van der Waals surface area contributed by atoms with E-state index >= 15 is 0 Å². The first kappa shape index (κ1) is 9.96. The standard InChI is InChI=1S/C9H20N2O/c1-3-9(10,4-2)8-7-11-5-6-12-8/h8,11H,3-7,10H2,1-2H3. The van der Waals surface area contributed by atoms with E-state index in [1.807, 2.05) is 0 Å². The van der Waals surface area contributed by atoms with Crippen LogP contribution in [0, 0.1) is 0 Å². The molecule has 0 aromatic carbocycles. The van der Waals surface area contributed by atoms with Gasteiger partial charge in [0.25, 0.3) is 0 Å². The second kappa shape index (κ2) is 4.21. The van der Waals surface area contributed by atoms with Crippen LogP contribution in [0.4, 0.5) is 0 Å². The van der Waals surface area contributed by atoms with Gasteiger partial charge in [0.15, 0.2) is 0 Å². The number of morpholine rings is 1. The maximum Gasteiger partial charge on any atom is 0.0878 e. The van der Waals surface area contributed by atoms with Crippen molar-refractivity contribution in [3.05, 3.63) is 0 Å². The van der Waals surface area contributed by atoms with Gasteiger partial charge in [0.1, 0.15) is 0 Å². The van der Waals surface area contributed by atoms with Crippen molar-refractivity contribution >= 4 is 0 Å². The highest BCUT2D eigenvalue weighted by atomic mass is 16.5. The van der Waals surface area contributed by atoms with E-state index in [0.29, 0.717) is 0 Å². The number of hydrogen-bond acceptors (Lipinski definition) is 3. The summed E-state index contributed by atoms with van der Waals surface area (Å²) < 4.78 is 5.64. The van der Waals surface area contributed by atoms with Crippen LogP contribution in [0.2, 0.25) is 0 Å². The molecule has 1 saturated heterocycles. The fourth-order valence-electron chi connectivity index (χ4n) is 1.64. The third kappa shape index (κ3) is 1.97. The van der Waals surface area contributed by atoms with Gasteiger partial charge in [-0.3, -0.25) is 0 Å². The number of nitrogens with one attached hydrogen (secondary N) is 1. The zero-order valence-corrected chi connectivity index (χ0v) is 8.10. The van der Waals surface area contributed by atoms with Crippen molar-refractivity contribution in [3.8, 4) is 0 Å².